The number of aryl methyl sites for hydroxylation is 1. The van der Waals surface area contributed by atoms with Crippen molar-refractivity contribution in [2.45, 2.75) is 33.3 Å². The molecule has 0 fully saturated rings. The molecule has 0 radical (unpaired) electrons. The van der Waals surface area contributed by atoms with Crippen LogP contribution in [0.15, 0.2) is 18.3 Å². The summed E-state index contributed by atoms with van der Waals surface area (Å²) in [5.41, 5.74) is 1.56. The Bertz CT molecular complexity index is 567. The number of ether oxygens (including phenoxy) is 1. The Morgan fingerprint density at radius 2 is 2.12 bits per heavy atom. The first-order chi connectivity index (χ1) is 7.88. The van der Waals surface area contributed by atoms with Gasteiger partial charge >= 0.3 is 6.09 Å². The average molecular weight is 233 g/mol. The van der Waals surface area contributed by atoms with E-state index in [-0.39, 0.29) is 0 Å². The molecule has 0 saturated heterocycles. The summed E-state index contributed by atoms with van der Waals surface area (Å²) < 4.78 is 6.53. The molecule has 0 amide bonds. The van der Waals surface area contributed by atoms with Crippen LogP contribution in [-0.2, 0) is 4.74 Å². The number of carbonyl (C=O) groups is 1. The third-order valence-electron chi connectivity index (χ3n) is 2.17. The molecule has 0 saturated carbocycles. The fourth-order valence-electron chi connectivity index (χ4n) is 1.54. The first-order valence-electron chi connectivity index (χ1n) is 5.42. The molecule has 0 aliphatic heterocycles. The minimum Gasteiger partial charge on any atom is -0.442 e. The normalized spacial score (nSPS) is 11.8. The largest absolute Gasteiger partial charge is 0.442 e. The number of rotatable bonds is 0. The molecular formula is C12H15N3O2. The zero-order valence-electron chi connectivity index (χ0n) is 10.4. The smallest absolute Gasteiger partial charge is 0.435 e. The lowest BCUT2D eigenvalue weighted by Gasteiger charge is -2.19. The summed E-state index contributed by atoms with van der Waals surface area (Å²) in [7, 11) is 0. The van der Waals surface area contributed by atoms with E-state index in [1.807, 2.05) is 27.7 Å². The van der Waals surface area contributed by atoms with Gasteiger partial charge in [-0.2, -0.15) is 9.78 Å². The van der Waals surface area contributed by atoms with E-state index in [4.69, 9.17) is 4.74 Å². The van der Waals surface area contributed by atoms with Gasteiger partial charge in [0.1, 0.15) is 11.1 Å². The van der Waals surface area contributed by atoms with E-state index in [1.165, 1.54) is 4.68 Å². The van der Waals surface area contributed by atoms with E-state index < -0.39 is 11.7 Å². The van der Waals surface area contributed by atoms with E-state index in [0.29, 0.717) is 11.2 Å². The van der Waals surface area contributed by atoms with Crippen LogP contribution in [0.5, 0.6) is 0 Å². The van der Waals surface area contributed by atoms with Gasteiger partial charge in [0.2, 0.25) is 0 Å². The second-order valence-electron chi connectivity index (χ2n) is 4.85. The molecule has 2 heterocycles. The van der Waals surface area contributed by atoms with Crippen molar-refractivity contribution in [2.24, 2.45) is 0 Å². The number of nitrogens with zero attached hydrogens (tertiary/aromatic N) is 3. The molecule has 17 heavy (non-hydrogen) atoms. The highest BCUT2D eigenvalue weighted by molar-refractivity contribution is 5.86. The summed E-state index contributed by atoms with van der Waals surface area (Å²) in [6.45, 7) is 7.28. The second kappa shape index (κ2) is 3.84. The molecular weight excluding hydrogens is 218 g/mol. The van der Waals surface area contributed by atoms with Gasteiger partial charge in [0.15, 0.2) is 0 Å². The van der Waals surface area contributed by atoms with Gasteiger partial charge in [0.05, 0.1) is 11.2 Å². The quantitative estimate of drug-likeness (QED) is 0.701. The molecule has 0 aliphatic rings. The molecule has 2 rings (SSSR count). The van der Waals surface area contributed by atoms with Crippen molar-refractivity contribution >= 4 is 17.1 Å². The molecule has 0 aliphatic carbocycles. The van der Waals surface area contributed by atoms with E-state index >= 15 is 0 Å². The number of fused-ring (bicyclic) bond motifs is 1. The highest BCUT2D eigenvalue weighted by Gasteiger charge is 2.21. The lowest BCUT2D eigenvalue weighted by atomic mass is 10.2. The fourth-order valence-corrected chi connectivity index (χ4v) is 1.54. The van der Waals surface area contributed by atoms with Gasteiger partial charge in [-0.05, 0) is 39.8 Å². The Kier molecular flexibility index (Phi) is 2.61. The van der Waals surface area contributed by atoms with Crippen LogP contribution in [0.4, 0.5) is 4.79 Å². The monoisotopic (exact) mass is 233 g/mol. The number of hydrogen-bond donors (Lipinski definition) is 0. The standard InChI is InChI=1S/C12H15N3O2/c1-8-10-9(6-5-7-13-10)15(14-8)11(16)17-12(2,3)4/h5-7H,1-4H3. The van der Waals surface area contributed by atoms with Crippen molar-refractivity contribution in [2.75, 3.05) is 0 Å². The molecule has 0 unspecified atom stereocenters. The molecule has 90 valence electrons. The third-order valence-corrected chi connectivity index (χ3v) is 2.17. The van der Waals surface area contributed by atoms with E-state index in [2.05, 4.69) is 10.1 Å². The molecule has 5 heteroatoms. The van der Waals surface area contributed by atoms with Crippen molar-refractivity contribution in [1.29, 1.82) is 0 Å². The van der Waals surface area contributed by atoms with Crippen LogP contribution in [0.2, 0.25) is 0 Å². The number of pyridine rings is 1. The van der Waals surface area contributed by atoms with E-state index in [9.17, 15) is 4.79 Å². The van der Waals surface area contributed by atoms with Crippen molar-refractivity contribution in [3.05, 3.63) is 24.0 Å². The first kappa shape index (κ1) is 11.6. The Labute approximate surface area is 99.4 Å². The first-order valence-corrected chi connectivity index (χ1v) is 5.42. The lowest BCUT2D eigenvalue weighted by molar-refractivity contribution is 0.0522. The lowest BCUT2D eigenvalue weighted by Crippen LogP contribution is -2.27. The van der Waals surface area contributed by atoms with Crippen LogP contribution >= 0.6 is 0 Å². The predicted octanol–water partition coefficient (Wildman–Crippen LogP) is 2.52. The summed E-state index contributed by atoms with van der Waals surface area (Å²) in [6.07, 6.45) is 1.19. The molecule has 0 aromatic carbocycles. The Hall–Kier alpha value is -1.91. The number of carbonyl (C=O) groups excluding carboxylic acids is 1. The van der Waals surface area contributed by atoms with Gasteiger partial charge in [-0.1, -0.05) is 0 Å². The van der Waals surface area contributed by atoms with Crippen LogP contribution in [0, 0.1) is 6.92 Å². The van der Waals surface area contributed by atoms with Gasteiger partial charge in [0, 0.05) is 6.20 Å². The molecule has 0 atom stereocenters. The summed E-state index contributed by atoms with van der Waals surface area (Å²) in [6, 6.07) is 3.57. The third kappa shape index (κ3) is 2.27. The van der Waals surface area contributed by atoms with Crippen LogP contribution in [0.1, 0.15) is 26.5 Å². The number of aromatic nitrogens is 3. The van der Waals surface area contributed by atoms with Crippen molar-refractivity contribution in [1.82, 2.24) is 14.8 Å². The molecule has 0 spiro atoms. The Balaban J connectivity index is 2.46. The van der Waals surface area contributed by atoms with Crippen LogP contribution in [0.25, 0.3) is 11.0 Å². The van der Waals surface area contributed by atoms with E-state index in [0.717, 1.165) is 5.52 Å². The highest BCUT2D eigenvalue weighted by atomic mass is 16.6. The molecule has 2 aromatic rings. The van der Waals surface area contributed by atoms with Gasteiger partial charge in [-0.25, -0.2) is 4.79 Å². The SMILES string of the molecule is Cc1nn(C(=O)OC(C)(C)C)c2cccnc12. The summed E-state index contributed by atoms with van der Waals surface area (Å²) >= 11 is 0. The van der Waals surface area contributed by atoms with Crippen molar-refractivity contribution in [3.8, 4) is 0 Å². The topological polar surface area (TPSA) is 57.0 Å². The molecule has 0 bridgehead atoms. The van der Waals surface area contributed by atoms with Crippen molar-refractivity contribution in [3.63, 3.8) is 0 Å². The highest BCUT2D eigenvalue weighted by Crippen LogP contribution is 2.17. The maximum atomic E-state index is 11.9. The molecule has 5 nitrogen and oxygen atoms in total. The zero-order valence-corrected chi connectivity index (χ0v) is 10.4. The summed E-state index contributed by atoms with van der Waals surface area (Å²) in [4.78, 5) is 16.1. The number of hydrogen-bond acceptors (Lipinski definition) is 4. The Morgan fingerprint density at radius 1 is 1.41 bits per heavy atom. The maximum Gasteiger partial charge on any atom is 0.435 e. The van der Waals surface area contributed by atoms with Gasteiger partial charge in [-0.15, -0.1) is 0 Å². The predicted molar refractivity (Wildman–Crippen MR) is 63.9 cm³/mol. The zero-order chi connectivity index (χ0) is 12.6. The van der Waals surface area contributed by atoms with Crippen LogP contribution < -0.4 is 0 Å². The Morgan fingerprint density at radius 3 is 2.76 bits per heavy atom. The minimum absolute atomic E-state index is 0.483. The van der Waals surface area contributed by atoms with Crippen LogP contribution in [0.3, 0.4) is 0 Å². The second-order valence-corrected chi connectivity index (χ2v) is 4.85. The summed E-state index contributed by atoms with van der Waals surface area (Å²) in [5.74, 6) is 0. The molecule has 2 aromatic heterocycles. The fraction of sp³-hybridized carbons (Fsp3) is 0.417. The van der Waals surface area contributed by atoms with E-state index in [1.54, 1.807) is 18.3 Å². The van der Waals surface area contributed by atoms with Gasteiger partial charge < -0.3 is 4.74 Å². The van der Waals surface area contributed by atoms with Crippen LogP contribution in [-0.4, -0.2) is 26.5 Å². The minimum atomic E-state index is -0.536. The summed E-state index contributed by atoms with van der Waals surface area (Å²) in [5, 5.41) is 4.15. The van der Waals surface area contributed by atoms with Gasteiger partial charge in [-0.3, -0.25) is 4.98 Å². The van der Waals surface area contributed by atoms with Crippen molar-refractivity contribution < 1.29 is 9.53 Å². The maximum absolute atomic E-state index is 11.9. The average Bonchev–Trinajstić information content (AvgIpc) is 2.55. The van der Waals surface area contributed by atoms with Gasteiger partial charge in [0.25, 0.3) is 0 Å². The molecule has 0 N–H and O–H groups in total.